The molecule has 1 aromatic carbocycles. The van der Waals surface area contributed by atoms with Crippen molar-refractivity contribution in [3.8, 4) is 11.5 Å². The molecule has 1 aliphatic carbocycles. The van der Waals surface area contributed by atoms with Crippen molar-refractivity contribution in [3.05, 3.63) is 23.8 Å². The molecular formula is C13H19NO3. The Labute approximate surface area is 101 Å². The molecule has 0 radical (unpaired) electrons. The van der Waals surface area contributed by atoms with Gasteiger partial charge < -0.3 is 20.3 Å². The van der Waals surface area contributed by atoms with Crippen molar-refractivity contribution >= 4 is 0 Å². The van der Waals surface area contributed by atoms with Crippen LogP contribution in [0, 0.1) is 0 Å². The van der Waals surface area contributed by atoms with Crippen LogP contribution in [-0.4, -0.2) is 24.9 Å². The molecule has 0 bridgehead atoms. The van der Waals surface area contributed by atoms with Crippen LogP contribution in [0.1, 0.15) is 25.3 Å². The van der Waals surface area contributed by atoms with E-state index in [-0.39, 0.29) is 6.10 Å². The van der Waals surface area contributed by atoms with Crippen LogP contribution >= 0.6 is 0 Å². The van der Waals surface area contributed by atoms with E-state index in [4.69, 9.17) is 15.2 Å². The Bertz CT molecular complexity index is 400. The Morgan fingerprint density at radius 2 is 2.12 bits per heavy atom. The lowest BCUT2D eigenvalue weighted by Crippen LogP contribution is -2.51. The summed E-state index contributed by atoms with van der Waals surface area (Å²) in [4.78, 5) is 0. The number of methoxy groups -OCH3 is 1. The van der Waals surface area contributed by atoms with Gasteiger partial charge in [-0.15, -0.1) is 0 Å². The van der Waals surface area contributed by atoms with Crippen LogP contribution in [0.15, 0.2) is 18.2 Å². The van der Waals surface area contributed by atoms with Crippen molar-refractivity contribution < 1.29 is 14.6 Å². The molecule has 0 unspecified atom stereocenters. The molecule has 1 aromatic rings. The normalized spacial score (nSPS) is 27.4. The molecular weight excluding hydrogens is 218 g/mol. The number of aliphatic hydroxyl groups is 1. The van der Waals surface area contributed by atoms with Crippen molar-refractivity contribution in [2.24, 2.45) is 5.73 Å². The zero-order valence-electron chi connectivity index (χ0n) is 10.3. The molecule has 0 atom stereocenters. The second-order valence-corrected chi connectivity index (χ2v) is 4.52. The Hall–Kier alpha value is -1.26. The van der Waals surface area contributed by atoms with Gasteiger partial charge in [0.2, 0.25) is 0 Å². The van der Waals surface area contributed by atoms with E-state index in [1.807, 2.05) is 25.1 Å². The predicted molar refractivity (Wildman–Crippen MR) is 65.3 cm³/mol. The highest BCUT2D eigenvalue weighted by atomic mass is 16.5. The molecule has 4 heteroatoms. The third kappa shape index (κ3) is 2.23. The van der Waals surface area contributed by atoms with Gasteiger partial charge in [-0.05, 0) is 37.5 Å². The first kappa shape index (κ1) is 12.2. The number of hydrogen-bond acceptors (Lipinski definition) is 4. The predicted octanol–water partition coefficient (Wildman–Crippen LogP) is 1.40. The van der Waals surface area contributed by atoms with Crippen LogP contribution in [0.5, 0.6) is 11.5 Å². The molecule has 0 spiro atoms. The summed E-state index contributed by atoms with van der Waals surface area (Å²) in [5.74, 6) is 1.41. The molecule has 17 heavy (non-hydrogen) atoms. The fourth-order valence-corrected chi connectivity index (χ4v) is 2.27. The van der Waals surface area contributed by atoms with E-state index in [0.29, 0.717) is 30.9 Å². The van der Waals surface area contributed by atoms with E-state index in [9.17, 15) is 5.11 Å². The summed E-state index contributed by atoms with van der Waals surface area (Å²) in [7, 11) is 1.61. The van der Waals surface area contributed by atoms with Gasteiger partial charge in [-0.25, -0.2) is 0 Å². The second kappa shape index (κ2) is 4.55. The molecule has 0 aliphatic heterocycles. The van der Waals surface area contributed by atoms with Crippen molar-refractivity contribution in [2.45, 2.75) is 31.4 Å². The minimum Gasteiger partial charge on any atom is -0.493 e. The Balaban J connectivity index is 2.27. The van der Waals surface area contributed by atoms with Crippen LogP contribution in [0.3, 0.4) is 0 Å². The Kier molecular flexibility index (Phi) is 3.26. The average Bonchev–Trinajstić information content (AvgIpc) is 2.27. The first-order valence-corrected chi connectivity index (χ1v) is 5.87. The Morgan fingerprint density at radius 3 is 2.65 bits per heavy atom. The van der Waals surface area contributed by atoms with E-state index < -0.39 is 5.54 Å². The van der Waals surface area contributed by atoms with Crippen LogP contribution < -0.4 is 15.2 Å². The molecule has 0 saturated heterocycles. The number of nitrogens with two attached hydrogens (primary N) is 1. The first-order chi connectivity index (χ1) is 8.09. The lowest BCUT2D eigenvalue weighted by atomic mass is 9.70. The average molecular weight is 237 g/mol. The fourth-order valence-electron chi connectivity index (χ4n) is 2.27. The minimum absolute atomic E-state index is 0.280. The summed E-state index contributed by atoms with van der Waals surface area (Å²) in [5, 5.41) is 9.38. The molecule has 0 amide bonds. The summed E-state index contributed by atoms with van der Waals surface area (Å²) in [6.07, 6.45) is 0.924. The van der Waals surface area contributed by atoms with E-state index in [1.54, 1.807) is 7.11 Å². The molecule has 2 rings (SSSR count). The molecule has 4 nitrogen and oxygen atoms in total. The number of rotatable bonds is 4. The van der Waals surface area contributed by atoms with E-state index in [1.165, 1.54) is 0 Å². The van der Waals surface area contributed by atoms with Crippen LogP contribution in [0.4, 0.5) is 0 Å². The quantitative estimate of drug-likeness (QED) is 0.831. The van der Waals surface area contributed by atoms with E-state index in [0.717, 1.165) is 5.56 Å². The van der Waals surface area contributed by atoms with Gasteiger partial charge in [0.25, 0.3) is 0 Å². The highest BCUT2D eigenvalue weighted by molar-refractivity contribution is 5.45. The van der Waals surface area contributed by atoms with Crippen LogP contribution in [-0.2, 0) is 5.54 Å². The summed E-state index contributed by atoms with van der Waals surface area (Å²) >= 11 is 0. The maximum atomic E-state index is 9.38. The SMILES string of the molecule is CCOc1cc(C2(N)CC(O)C2)ccc1OC. The molecule has 1 fully saturated rings. The van der Waals surface area contributed by atoms with Gasteiger partial charge in [-0.3, -0.25) is 0 Å². The minimum atomic E-state index is -0.419. The number of benzene rings is 1. The number of aliphatic hydroxyl groups excluding tert-OH is 1. The van der Waals surface area contributed by atoms with E-state index >= 15 is 0 Å². The molecule has 1 aliphatic rings. The monoisotopic (exact) mass is 237 g/mol. The number of ether oxygens (including phenoxy) is 2. The van der Waals surface area contributed by atoms with Crippen LogP contribution in [0.25, 0.3) is 0 Å². The summed E-state index contributed by atoms with van der Waals surface area (Å²) in [6.45, 7) is 2.51. The maximum Gasteiger partial charge on any atom is 0.161 e. The highest BCUT2D eigenvalue weighted by Crippen LogP contribution is 2.41. The third-order valence-corrected chi connectivity index (χ3v) is 3.24. The van der Waals surface area contributed by atoms with Crippen molar-refractivity contribution in [1.82, 2.24) is 0 Å². The van der Waals surface area contributed by atoms with Gasteiger partial charge in [0.1, 0.15) is 0 Å². The summed E-state index contributed by atoms with van der Waals surface area (Å²) < 4.78 is 10.7. The van der Waals surface area contributed by atoms with Gasteiger partial charge in [-0.1, -0.05) is 6.07 Å². The van der Waals surface area contributed by atoms with Gasteiger partial charge in [0.05, 0.1) is 19.8 Å². The first-order valence-electron chi connectivity index (χ1n) is 5.87. The van der Waals surface area contributed by atoms with Gasteiger partial charge >= 0.3 is 0 Å². The zero-order chi connectivity index (χ0) is 12.5. The zero-order valence-corrected chi connectivity index (χ0v) is 10.3. The summed E-state index contributed by atoms with van der Waals surface area (Å²) in [5.41, 5.74) is 6.79. The smallest absolute Gasteiger partial charge is 0.161 e. The molecule has 0 heterocycles. The molecule has 3 N–H and O–H groups in total. The van der Waals surface area contributed by atoms with E-state index in [2.05, 4.69) is 0 Å². The lowest BCUT2D eigenvalue weighted by molar-refractivity contribution is 0.0208. The van der Waals surface area contributed by atoms with Crippen LogP contribution in [0.2, 0.25) is 0 Å². The fraction of sp³-hybridized carbons (Fsp3) is 0.538. The Morgan fingerprint density at radius 1 is 1.41 bits per heavy atom. The highest BCUT2D eigenvalue weighted by Gasteiger charge is 2.41. The van der Waals surface area contributed by atoms with Gasteiger partial charge in [0, 0.05) is 5.54 Å². The molecule has 0 aromatic heterocycles. The third-order valence-electron chi connectivity index (χ3n) is 3.24. The van der Waals surface area contributed by atoms with Crippen molar-refractivity contribution in [3.63, 3.8) is 0 Å². The largest absolute Gasteiger partial charge is 0.493 e. The lowest BCUT2D eigenvalue weighted by Gasteiger charge is -2.42. The second-order valence-electron chi connectivity index (χ2n) is 4.52. The molecule has 1 saturated carbocycles. The maximum absolute atomic E-state index is 9.38. The molecule has 94 valence electrons. The summed E-state index contributed by atoms with van der Waals surface area (Å²) in [6, 6.07) is 5.71. The number of hydrogen-bond donors (Lipinski definition) is 2. The van der Waals surface area contributed by atoms with Crippen molar-refractivity contribution in [1.29, 1.82) is 0 Å². The van der Waals surface area contributed by atoms with Gasteiger partial charge in [0.15, 0.2) is 11.5 Å². The van der Waals surface area contributed by atoms with Gasteiger partial charge in [-0.2, -0.15) is 0 Å². The topological polar surface area (TPSA) is 64.7 Å². The van der Waals surface area contributed by atoms with Crippen molar-refractivity contribution in [2.75, 3.05) is 13.7 Å². The standard InChI is InChI=1S/C13H19NO3/c1-3-17-12-6-9(4-5-11(12)16-2)13(14)7-10(15)8-13/h4-6,10,15H,3,7-8,14H2,1-2H3.